The van der Waals surface area contributed by atoms with E-state index in [2.05, 4.69) is 10.3 Å². The number of aromatic nitrogens is 1. The lowest BCUT2D eigenvalue weighted by atomic mass is 9.99. The molecule has 2 rings (SSSR count). The molecule has 0 fully saturated rings. The minimum absolute atomic E-state index is 0.213. The smallest absolute Gasteiger partial charge is 0.337 e. The molecule has 1 aromatic carbocycles. The normalized spacial score (nSPS) is 12.6. The number of hydrogen-bond acceptors (Lipinski definition) is 6. The second kappa shape index (κ2) is 8.74. The molecule has 0 aliphatic heterocycles. The van der Waals surface area contributed by atoms with Crippen LogP contribution in [0.3, 0.4) is 0 Å². The zero-order chi connectivity index (χ0) is 19.1. The molecule has 26 heavy (non-hydrogen) atoms. The van der Waals surface area contributed by atoms with Crippen molar-refractivity contribution in [3.63, 3.8) is 0 Å². The molecule has 0 amide bonds. The zero-order valence-corrected chi connectivity index (χ0v) is 14.5. The summed E-state index contributed by atoms with van der Waals surface area (Å²) in [5.74, 6) is -0.589. The second-order valence-electron chi connectivity index (χ2n) is 5.56. The topological polar surface area (TPSA) is 101 Å². The van der Waals surface area contributed by atoms with Gasteiger partial charge >= 0.3 is 5.97 Å². The summed E-state index contributed by atoms with van der Waals surface area (Å²) in [6.45, 7) is 1.10. The first-order valence-corrected chi connectivity index (χ1v) is 7.82. The number of esters is 1. The van der Waals surface area contributed by atoms with Crippen molar-refractivity contribution in [1.29, 1.82) is 5.26 Å². The molecule has 1 unspecified atom stereocenters. The molecular formula is C19H19FN4O2. The molecule has 1 atom stereocenters. The van der Waals surface area contributed by atoms with Crippen LogP contribution in [0, 0.1) is 11.3 Å². The fraction of sp³-hybridized carbons (Fsp3) is 0.211. The maximum Gasteiger partial charge on any atom is 0.337 e. The summed E-state index contributed by atoms with van der Waals surface area (Å²) in [7, 11) is 1.27. The largest absolute Gasteiger partial charge is 0.466 e. The molecule has 134 valence electrons. The molecule has 1 heterocycles. The van der Waals surface area contributed by atoms with E-state index < -0.39 is 18.7 Å². The van der Waals surface area contributed by atoms with Crippen molar-refractivity contribution in [3.05, 3.63) is 70.7 Å². The Bertz CT molecular complexity index is 857. The molecule has 3 N–H and O–H groups in total. The Balaban J connectivity index is 2.38. The Labute approximate surface area is 151 Å². The number of halogens is 1. The van der Waals surface area contributed by atoms with E-state index in [4.69, 9.17) is 15.7 Å². The van der Waals surface area contributed by atoms with Crippen LogP contribution in [-0.2, 0) is 16.2 Å². The summed E-state index contributed by atoms with van der Waals surface area (Å²) >= 11 is 0. The number of carbonyl (C=O) groups is 1. The number of nitriles is 1. The quantitative estimate of drug-likeness (QED) is 0.611. The first kappa shape index (κ1) is 19.1. The summed E-state index contributed by atoms with van der Waals surface area (Å²) in [5, 5.41) is 11.9. The molecule has 0 radical (unpaired) electrons. The maximum absolute atomic E-state index is 12.8. The van der Waals surface area contributed by atoms with Crippen molar-refractivity contribution >= 4 is 11.7 Å². The SMILES string of the molecule is COC(=O)/C(=C(\C)Nc1cccc(CF)c1)C(N)c1ccc(C#N)nc1. The highest BCUT2D eigenvalue weighted by Crippen LogP contribution is 2.24. The summed E-state index contributed by atoms with van der Waals surface area (Å²) in [6.07, 6.45) is 1.45. The molecular weight excluding hydrogens is 335 g/mol. The molecule has 0 spiro atoms. The van der Waals surface area contributed by atoms with Gasteiger partial charge in [-0.05, 0) is 36.2 Å². The monoisotopic (exact) mass is 354 g/mol. The van der Waals surface area contributed by atoms with Gasteiger partial charge < -0.3 is 15.8 Å². The molecule has 6 nitrogen and oxygen atoms in total. The minimum Gasteiger partial charge on any atom is -0.466 e. The number of alkyl halides is 1. The van der Waals surface area contributed by atoms with Crippen molar-refractivity contribution in [1.82, 2.24) is 4.98 Å². The van der Waals surface area contributed by atoms with Gasteiger partial charge in [-0.3, -0.25) is 0 Å². The van der Waals surface area contributed by atoms with Gasteiger partial charge in [-0.15, -0.1) is 0 Å². The average molecular weight is 354 g/mol. The van der Waals surface area contributed by atoms with Gasteiger partial charge in [0.05, 0.1) is 18.7 Å². The third kappa shape index (κ3) is 4.43. The number of ether oxygens (including phenoxy) is 1. The highest BCUT2D eigenvalue weighted by atomic mass is 19.1. The molecule has 1 aromatic heterocycles. The van der Waals surface area contributed by atoms with Gasteiger partial charge in [0.15, 0.2) is 0 Å². The lowest BCUT2D eigenvalue weighted by Gasteiger charge is -2.19. The van der Waals surface area contributed by atoms with E-state index in [1.54, 1.807) is 37.3 Å². The minimum atomic E-state index is -0.806. The number of nitrogens with one attached hydrogen (secondary N) is 1. The van der Waals surface area contributed by atoms with Crippen molar-refractivity contribution < 1.29 is 13.9 Å². The lowest BCUT2D eigenvalue weighted by Crippen LogP contribution is -2.23. The summed E-state index contributed by atoms with van der Waals surface area (Å²) in [5.41, 5.74) is 8.88. The van der Waals surface area contributed by atoms with E-state index in [0.29, 0.717) is 22.5 Å². The number of nitrogens with zero attached hydrogens (tertiary/aromatic N) is 2. The van der Waals surface area contributed by atoms with E-state index in [0.717, 1.165) is 0 Å². The summed E-state index contributed by atoms with van der Waals surface area (Å²) in [4.78, 5) is 16.2. The van der Waals surface area contributed by atoms with Gasteiger partial charge in [-0.25, -0.2) is 14.2 Å². The van der Waals surface area contributed by atoms with E-state index in [9.17, 15) is 9.18 Å². The van der Waals surface area contributed by atoms with Crippen molar-refractivity contribution in [3.8, 4) is 6.07 Å². The summed E-state index contributed by atoms with van der Waals surface area (Å²) in [6, 6.07) is 11.1. The van der Waals surface area contributed by atoms with E-state index in [-0.39, 0.29) is 11.3 Å². The molecule has 2 aromatic rings. The highest BCUT2D eigenvalue weighted by Gasteiger charge is 2.23. The van der Waals surface area contributed by atoms with E-state index in [1.165, 1.54) is 19.4 Å². The van der Waals surface area contributed by atoms with Crippen LogP contribution in [0.5, 0.6) is 0 Å². The van der Waals surface area contributed by atoms with Crippen molar-refractivity contribution in [2.24, 2.45) is 5.73 Å². The van der Waals surface area contributed by atoms with Crippen LogP contribution in [0.4, 0.5) is 10.1 Å². The molecule has 0 aliphatic carbocycles. The molecule has 0 saturated carbocycles. The van der Waals surface area contributed by atoms with Crippen LogP contribution in [0.15, 0.2) is 53.9 Å². The van der Waals surface area contributed by atoms with Crippen LogP contribution in [0.25, 0.3) is 0 Å². The number of pyridine rings is 1. The predicted octanol–water partition coefficient (Wildman–Crippen LogP) is 2.98. The summed E-state index contributed by atoms with van der Waals surface area (Å²) < 4.78 is 17.7. The standard InChI is InChI=1S/C19H19FN4O2/c1-12(24-15-5-3-4-13(8-15)9-20)17(19(25)26-2)18(22)14-6-7-16(10-21)23-11-14/h3-8,11,18,24H,9,22H2,1-2H3/b17-12+. The molecule has 0 aliphatic rings. The first-order valence-electron chi connectivity index (χ1n) is 7.82. The number of carbonyl (C=O) groups excluding carboxylic acids is 1. The van der Waals surface area contributed by atoms with Crippen LogP contribution in [-0.4, -0.2) is 18.1 Å². The van der Waals surface area contributed by atoms with Gasteiger partial charge in [0.25, 0.3) is 0 Å². The van der Waals surface area contributed by atoms with Crippen LogP contribution >= 0.6 is 0 Å². The molecule has 0 bridgehead atoms. The maximum atomic E-state index is 12.8. The number of rotatable bonds is 6. The molecule has 0 saturated heterocycles. The zero-order valence-electron chi connectivity index (χ0n) is 14.5. The Hall–Kier alpha value is -3.24. The lowest BCUT2D eigenvalue weighted by molar-refractivity contribution is -0.136. The number of methoxy groups -OCH3 is 1. The Morgan fingerprint density at radius 2 is 2.19 bits per heavy atom. The van der Waals surface area contributed by atoms with Gasteiger partial charge in [-0.1, -0.05) is 18.2 Å². The van der Waals surface area contributed by atoms with Crippen molar-refractivity contribution in [2.75, 3.05) is 12.4 Å². The number of hydrogen-bond donors (Lipinski definition) is 2. The number of allylic oxidation sites excluding steroid dienone is 1. The van der Waals surface area contributed by atoms with Gasteiger partial charge in [0, 0.05) is 17.6 Å². The van der Waals surface area contributed by atoms with E-state index >= 15 is 0 Å². The number of anilines is 1. The third-order valence-electron chi connectivity index (χ3n) is 3.79. The molecule has 7 heteroatoms. The number of benzene rings is 1. The third-order valence-corrected chi connectivity index (χ3v) is 3.79. The van der Waals surface area contributed by atoms with Gasteiger partial charge in [-0.2, -0.15) is 5.26 Å². The predicted molar refractivity (Wildman–Crippen MR) is 95.5 cm³/mol. The second-order valence-corrected chi connectivity index (χ2v) is 5.56. The van der Waals surface area contributed by atoms with Gasteiger partial charge in [0.2, 0.25) is 0 Å². The van der Waals surface area contributed by atoms with Crippen LogP contribution in [0.1, 0.15) is 29.8 Å². The van der Waals surface area contributed by atoms with Gasteiger partial charge in [0.1, 0.15) is 18.4 Å². The highest BCUT2D eigenvalue weighted by molar-refractivity contribution is 5.91. The Morgan fingerprint density at radius 1 is 1.42 bits per heavy atom. The number of nitrogens with two attached hydrogens (primary N) is 1. The van der Waals surface area contributed by atoms with E-state index in [1.807, 2.05) is 6.07 Å². The Morgan fingerprint density at radius 3 is 2.77 bits per heavy atom. The van der Waals surface area contributed by atoms with Crippen LogP contribution < -0.4 is 11.1 Å². The fourth-order valence-corrected chi connectivity index (χ4v) is 2.46. The Kier molecular flexibility index (Phi) is 6.42. The first-order chi connectivity index (χ1) is 12.5. The fourth-order valence-electron chi connectivity index (χ4n) is 2.46. The van der Waals surface area contributed by atoms with Crippen LogP contribution in [0.2, 0.25) is 0 Å². The average Bonchev–Trinajstić information content (AvgIpc) is 2.68. The van der Waals surface area contributed by atoms with Crippen molar-refractivity contribution in [2.45, 2.75) is 19.6 Å².